The van der Waals surface area contributed by atoms with Crippen molar-refractivity contribution in [1.82, 2.24) is 19.6 Å². The van der Waals surface area contributed by atoms with Gasteiger partial charge in [-0.15, -0.1) is 0 Å². The molecule has 0 spiro atoms. The van der Waals surface area contributed by atoms with Crippen molar-refractivity contribution in [3.8, 4) is 0 Å². The molecule has 0 unspecified atom stereocenters. The first-order chi connectivity index (χ1) is 26.5. The Labute approximate surface area is 332 Å². The molecule has 10 heteroatoms. The molecule has 7 rings (SSSR count). The number of rotatable bonds is 6. The second-order valence-electron chi connectivity index (χ2n) is 18.6. The van der Waals surface area contributed by atoms with E-state index in [0.717, 1.165) is 49.8 Å². The summed E-state index contributed by atoms with van der Waals surface area (Å²) in [6, 6.07) is 17.4. The Balaban J connectivity index is 1.04. The van der Waals surface area contributed by atoms with Gasteiger partial charge in [0.1, 0.15) is 5.60 Å². The molecule has 2 atom stereocenters. The number of benzene rings is 2. The van der Waals surface area contributed by atoms with E-state index in [1.54, 1.807) is 17.0 Å². The van der Waals surface area contributed by atoms with E-state index < -0.39 is 17.0 Å². The van der Waals surface area contributed by atoms with Crippen LogP contribution in [0.1, 0.15) is 108 Å². The number of ether oxygens (including phenoxy) is 1. The van der Waals surface area contributed by atoms with Crippen LogP contribution in [0, 0.1) is 10.8 Å². The number of carbonyl (C=O) groups excluding carboxylic acids is 3. The Hall–Kier alpha value is -4.44. The number of carboxylic acids is 1. The van der Waals surface area contributed by atoms with Crippen molar-refractivity contribution in [2.45, 2.75) is 110 Å². The van der Waals surface area contributed by atoms with Gasteiger partial charge in [-0.1, -0.05) is 81.0 Å². The lowest BCUT2D eigenvalue weighted by Gasteiger charge is -2.52. The van der Waals surface area contributed by atoms with Crippen LogP contribution in [0.4, 0.5) is 4.79 Å². The van der Waals surface area contributed by atoms with Gasteiger partial charge in [-0.05, 0) is 101 Å². The predicted octanol–water partition coefficient (Wildman–Crippen LogP) is 7.40. The van der Waals surface area contributed by atoms with Crippen molar-refractivity contribution in [2.75, 3.05) is 45.8 Å². The minimum Gasteiger partial charge on any atom is -0.478 e. The molecule has 56 heavy (non-hydrogen) atoms. The summed E-state index contributed by atoms with van der Waals surface area (Å²) >= 11 is 0. The average molecular weight is 765 g/mol. The molecular formula is C46H60N4O6. The lowest BCUT2D eigenvalue weighted by atomic mass is 9.58. The summed E-state index contributed by atoms with van der Waals surface area (Å²) in [5.74, 6) is -0.616. The zero-order chi connectivity index (χ0) is 40.0. The van der Waals surface area contributed by atoms with Crippen LogP contribution in [-0.4, -0.2) is 112 Å². The maximum absolute atomic E-state index is 15.1. The van der Waals surface area contributed by atoms with Crippen LogP contribution in [0.5, 0.6) is 0 Å². The first-order valence-corrected chi connectivity index (χ1v) is 20.7. The van der Waals surface area contributed by atoms with Gasteiger partial charge >= 0.3 is 12.1 Å². The molecule has 2 aromatic rings. The standard InChI is InChI=1S/C46H60N4O6/c1-43(2,3)56-42(55)48-26-19-35(20-27-48)50-25-10-13-37(50)39(51)47-29-23-46(24-30-47,34-11-8-7-9-12-34)41(54)49-28-21-38-44(4,5)36(18-22-45(38,6)31-49)32-14-16-33(17-15-32)40(52)53/h7-9,11-12,14-18,21,35,37H,10,13,19-20,22-31H2,1-6H3,(H,52,53)/t37-,45+/m0/s1. The summed E-state index contributed by atoms with van der Waals surface area (Å²) in [5, 5.41) is 9.42. The Morgan fingerprint density at radius 1 is 0.786 bits per heavy atom. The Bertz CT molecular complexity index is 1880. The molecule has 5 aliphatic rings. The third kappa shape index (κ3) is 7.53. The summed E-state index contributed by atoms with van der Waals surface area (Å²) in [5.41, 5.74) is 3.03. The SMILES string of the molecule is CC(C)(C)OC(=O)N1CCC(N2CCC[C@H]2C(=O)N2CCC(C(=O)N3CC=C4C(C)(C)C(c5ccc(C(=O)O)cc5)=CC[C@]4(C)C3)(c3ccccc3)CC2)CC1. The quantitative estimate of drug-likeness (QED) is 0.306. The van der Waals surface area contributed by atoms with Crippen LogP contribution in [-0.2, 0) is 19.7 Å². The summed E-state index contributed by atoms with van der Waals surface area (Å²) in [4.78, 5) is 61.8. The smallest absolute Gasteiger partial charge is 0.410 e. The minimum absolute atomic E-state index is 0.142. The molecule has 10 nitrogen and oxygen atoms in total. The van der Waals surface area contributed by atoms with E-state index in [9.17, 15) is 19.5 Å². The maximum Gasteiger partial charge on any atom is 0.410 e. The van der Waals surface area contributed by atoms with Gasteiger partial charge in [-0.2, -0.15) is 0 Å². The summed E-state index contributed by atoms with van der Waals surface area (Å²) < 4.78 is 5.61. The number of hydrogen-bond donors (Lipinski definition) is 1. The van der Waals surface area contributed by atoms with Crippen molar-refractivity contribution in [3.63, 3.8) is 0 Å². The fourth-order valence-corrected chi connectivity index (χ4v) is 10.6. The highest BCUT2D eigenvalue weighted by atomic mass is 16.6. The average Bonchev–Trinajstić information content (AvgIpc) is 3.67. The number of amides is 3. The zero-order valence-electron chi connectivity index (χ0n) is 34.2. The molecule has 1 aliphatic carbocycles. The summed E-state index contributed by atoms with van der Waals surface area (Å²) in [7, 11) is 0. The van der Waals surface area contributed by atoms with Crippen LogP contribution in [0.2, 0.25) is 0 Å². The lowest BCUT2D eigenvalue weighted by molar-refractivity contribution is -0.146. The van der Waals surface area contributed by atoms with Gasteiger partial charge in [0.25, 0.3) is 0 Å². The van der Waals surface area contributed by atoms with Crippen molar-refractivity contribution >= 4 is 29.5 Å². The first-order valence-electron chi connectivity index (χ1n) is 20.7. The fourth-order valence-electron chi connectivity index (χ4n) is 10.6. The molecule has 0 saturated carbocycles. The topological polar surface area (TPSA) is 111 Å². The van der Waals surface area contributed by atoms with Crippen molar-refractivity contribution < 1.29 is 29.0 Å². The molecule has 2 aromatic carbocycles. The van der Waals surface area contributed by atoms with Crippen LogP contribution in [0.3, 0.4) is 0 Å². The highest BCUT2D eigenvalue weighted by Crippen LogP contribution is 2.56. The lowest BCUT2D eigenvalue weighted by Crippen LogP contribution is -2.59. The van der Waals surface area contributed by atoms with Crippen LogP contribution >= 0.6 is 0 Å². The molecule has 0 bridgehead atoms. The van der Waals surface area contributed by atoms with Gasteiger partial charge in [-0.25, -0.2) is 9.59 Å². The van der Waals surface area contributed by atoms with E-state index >= 15 is 4.79 Å². The molecule has 3 fully saturated rings. The number of fused-ring (bicyclic) bond motifs is 1. The second-order valence-corrected chi connectivity index (χ2v) is 18.6. The van der Waals surface area contributed by atoms with Crippen LogP contribution < -0.4 is 0 Å². The van der Waals surface area contributed by atoms with E-state index in [1.165, 1.54) is 11.1 Å². The van der Waals surface area contributed by atoms with Crippen molar-refractivity contribution in [3.05, 3.63) is 89.0 Å². The third-order valence-corrected chi connectivity index (χ3v) is 13.4. The van der Waals surface area contributed by atoms with Gasteiger partial charge < -0.3 is 24.5 Å². The number of likely N-dealkylation sites (tertiary alicyclic amines) is 3. The highest BCUT2D eigenvalue weighted by Gasteiger charge is 2.51. The maximum atomic E-state index is 15.1. The minimum atomic E-state index is -0.933. The molecule has 4 aliphatic heterocycles. The van der Waals surface area contributed by atoms with Gasteiger partial charge in [0.15, 0.2) is 0 Å². The molecule has 0 radical (unpaired) electrons. The third-order valence-electron chi connectivity index (χ3n) is 13.4. The number of carboxylic acid groups (broad SMARTS) is 1. The monoisotopic (exact) mass is 764 g/mol. The summed E-state index contributed by atoms with van der Waals surface area (Å²) in [6.45, 7) is 16.8. The number of piperidine rings is 2. The number of carbonyl (C=O) groups is 4. The van der Waals surface area contributed by atoms with E-state index in [4.69, 9.17) is 4.74 Å². The molecule has 4 heterocycles. The van der Waals surface area contributed by atoms with Gasteiger partial charge in [0.2, 0.25) is 11.8 Å². The molecule has 0 aromatic heterocycles. The number of hydrogen-bond acceptors (Lipinski definition) is 6. The fraction of sp³-hybridized carbons (Fsp3) is 0.565. The molecule has 3 amide bonds. The van der Waals surface area contributed by atoms with Crippen LogP contribution in [0.15, 0.2) is 72.3 Å². The number of nitrogens with zero attached hydrogens (tertiary/aromatic N) is 4. The van der Waals surface area contributed by atoms with E-state index in [0.29, 0.717) is 52.1 Å². The number of allylic oxidation sites excluding steroid dienone is 2. The largest absolute Gasteiger partial charge is 0.478 e. The summed E-state index contributed by atoms with van der Waals surface area (Å²) in [6.07, 6.45) is 9.70. The zero-order valence-corrected chi connectivity index (χ0v) is 34.2. The van der Waals surface area contributed by atoms with Crippen molar-refractivity contribution in [2.24, 2.45) is 10.8 Å². The van der Waals surface area contributed by atoms with Crippen LogP contribution in [0.25, 0.3) is 5.57 Å². The van der Waals surface area contributed by atoms with Gasteiger partial charge in [0, 0.05) is 56.1 Å². The van der Waals surface area contributed by atoms with Crippen molar-refractivity contribution in [1.29, 1.82) is 0 Å². The molecular weight excluding hydrogens is 705 g/mol. The number of aromatic carboxylic acids is 1. The van der Waals surface area contributed by atoms with Gasteiger partial charge in [-0.3, -0.25) is 14.5 Å². The van der Waals surface area contributed by atoms with E-state index in [-0.39, 0.29) is 46.4 Å². The molecule has 1 N–H and O–H groups in total. The van der Waals surface area contributed by atoms with E-state index in [1.807, 2.05) is 56.0 Å². The second kappa shape index (κ2) is 15.1. The molecule has 300 valence electrons. The van der Waals surface area contributed by atoms with E-state index in [2.05, 4.69) is 54.9 Å². The highest BCUT2D eigenvalue weighted by molar-refractivity contribution is 5.90. The normalized spacial score (nSPS) is 25.5. The predicted molar refractivity (Wildman–Crippen MR) is 217 cm³/mol. The van der Waals surface area contributed by atoms with Gasteiger partial charge in [0.05, 0.1) is 17.0 Å². The molecule has 3 saturated heterocycles. The Kier molecular flexibility index (Phi) is 10.8. The Morgan fingerprint density at radius 2 is 1.45 bits per heavy atom. The Morgan fingerprint density at radius 3 is 2.07 bits per heavy atom. The first kappa shape index (κ1) is 39.8.